The van der Waals surface area contributed by atoms with Crippen molar-refractivity contribution in [3.05, 3.63) is 60.2 Å². The largest absolute Gasteiger partial charge is 0.293 e. The summed E-state index contributed by atoms with van der Waals surface area (Å²) in [5, 5.41) is 0. The Morgan fingerprint density at radius 2 is 1.83 bits per heavy atom. The van der Waals surface area contributed by atoms with Crippen molar-refractivity contribution in [3.63, 3.8) is 0 Å². The lowest BCUT2D eigenvalue weighted by molar-refractivity contribution is 0.00890. The predicted octanol–water partition coefficient (Wildman–Crippen LogP) is 3.49. The molecular formula is C20H23N3O. The molecule has 0 saturated carbocycles. The number of benzene rings is 1. The summed E-state index contributed by atoms with van der Waals surface area (Å²) in [5.74, 6) is 0.281. The summed E-state index contributed by atoms with van der Waals surface area (Å²) in [5.41, 5.74) is 1.89. The molecular weight excluding hydrogens is 298 g/mol. The zero-order valence-corrected chi connectivity index (χ0v) is 13.8. The first-order chi connectivity index (χ1) is 11.8. The van der Waals surface area contributed by atoms with Crippen molar-refractivity contribution in [1.29, 1.82) is 0 Å². The molecule has 24 heavy (non-hydrogen) atoms. The molecule has 2 aliphatic heterocycles. The Bertz CT molecular complexity index is 675. The van der Waals surface area contributed by atoms with Gasteiger partial charge >= 0.3 is 0 Å². The summed E-state index contributed by atoms with van der Waals surface area (Å²) in [4.78, 5) is 23.7. The molecule has 0 amide bonds. The molecule has 4 rings (SSSR count). The van der Waals surface area contributed by atoms with E-state index >= 15 is 0 Å². The number of hydrogen-bond donors (Lipinski definition) is 0. The zero-order valence-electron chi connectivity index (χ0n) is 13.8. The molecule has 0 N–H and O–H groups in total. The van der Waals surface area contributed by atoms with Gasteiger partial charge in [0.1, 0.15) is 5.69 Å². The number of piperidine rings is 2. The summed E-state index contributed by atoms with van der Waals surface area (Å²) in [7, 11) is 0. The lowest BCUT2D eigenvalue weighted by atomic mass is 9.76. The first-order valence-electron chi connectivity index (χ1n) is 8.91. The van der Waals surface area contributed by atoms with Crippen LogP contribution in [-0.4, -0.2) is 32.7 Å². The van der Waals surface area contributed by atoms with Gasteiger partial charge in [-0.05, 0) is 31.2 Å². The highest BCUT2D eigenvalue weighted by Crippen LogP contribution is 2.38. The maximum absolute atomic E-state index is 12.8. The van der Waals surface area contributed by atoms with E-state index in [4.69, 9.17) is 0 Å². The molecule has 2 aliphatic rings. The van der Waals surface area contributed by atoms with Gasteiger partial charge in [-0.15, -0.1) is 0 Å². The highest BCUT2D eigenvalue weighted by atomic mass is 16.1. The van der Waals surface area contributed by atoms with Crippen LogP contribution in [0, 0.1) is 5.92 Å². The number of aromatic nitrogens is 2. The summed E-state index contributed by atoms with van der Waals surface area (Å²) >= 11 is 0. The van der Waals surface area contributed by atoms with Crippen LogP contribution in [0.4, 0.5) is 0 Å². The van der Waals surface area contributed by atoms with Gasteiger partial charge in [0.15, 0.2) is 5.78 Å². The average molecular weight is 321 g/mol. The fraction of sp³-hybridized carbons (Fsp3) is 0.450. The predicted molar refractivity (Wildman–Crippen MR) is 92.5 cm³/mol. The van der Waals surface area contributed by atoms with Gasteiger partial charge in [0.25, 0.3) is 0 Å². The van der Waals surface area contributed by atoms with E-state index in [0.29, 0.717) is 17.8 Å². The fourth-order valence-electron chi connectivity index (χ4n) is 4.38. The number of rotatable bonds is 4. The van der Waals surface area contributed by atoms with Crippen molar-refractivity contribution < 1.29 is 4.79 Å². The van der Waals surface area contributed by atoms with Crippen LogP contribution in [0.1, 0.15) is 48.2 Å². The van der Waals surface area contributed by atoms with Gasteiger partial charge in [0.05, 0.1) is 6.20 Å². The monoisotopic (exact) mass is 321 g/mol. The Kier molecular flexibility index (Phi) is 4.39. The number of ketones is 1. The van der Waals surface area contributed by atoms with Crippen molar-refractivity contribution in [2.24, 2.45) is 5.92 Å². The van der Waals surface area contributed by atoms with Crippen molar-refractivity contribution in [1.82, 2.24) is 14.9 Å². The number of nitrogens with zero attached hydrogens (tertiary/aromatic N) is 3. The third-order valence-electron chi connectivity index (χ3n) is 5.52. The van der Waals surface area contributed by atoms with E-state index in [1.807, 2.05) is 0 Å². The molecule has 2 aromatic rings. The third kappa shape index (κ3) is 3.11. The van der Waals surface area contributed by atoms with Crippen LogP contribution in [0.2, 0.25) is 0 Å². The number of fused-ring (bicyclic) bond motifs is 2. The molecule has 124 valence electrons. The van der Waals surface area contributed by atoms with Crippen LogP contribution in [0.25, 0.3) is 0 Å². The van der Waals surface area contributed by atoms with E-state index in [2.05, 4.69) is 45.2 Å². The lowest BCUT2D eigenvalue weighted by Gasteiger charge is -2.48. The Labute approximate surface area is 142 Å². The van der Waals surface area contributed by atoms with Crippen molar-refractivity contribution in [3.8, 4) is 0 Å². The zero-order chi connectivity index (χ0) is 16.4. The van der Waals surface area contributed by atoms with Crippen LogP contribution in [0.15, 0.2) is 48.9 Å². The van der Waals surface area contributed by atoms with Gasteiger partial charge in [0.2, 0.25) is 0 Å². The van der Waals surface area contributed by atoms with Gasteiger partial charge in [-0.2, -0.15) is 0 Å². The summed E-state index contributed by atoms with van der Waals surface area (Å²) in [6.07, 6.45) is 10.4. The van der Waals surface area contributed by atoms with Crippen molar-refractivity contribution in [2.45, 2.75) is 50.7 Å². The first-order valence-corrected chi connectivity index (χ1v) is 8.91. The second-order valence-corrected chi connectivity index (χ2v) is 7.02. The molecule has 3 heterocycles. The molecule has 2 fully saturated rings. The minimum Gasteiger partial charge on any atom is -0.293 e. The molecule has 0 aliphatic carbocycles. The second-order valence-electron chi connectivity index (χ2n) is 7.02. The van der Waals surface area contributed by atoms with E-state index in [1.165, 1.54) is 24.8 Å². The Morgan fingerprint density at radius 3 is 2.50 bits per heavy atom. The molecule has 2 saturated heterocycles. The fourth-order valence-corrected chi connectivity index (χ4v) is 4.38. The highest BCUT2D eigenvalue weighted by Gasteiger charge is 2.40. The number of carbonyl (C=O) groups is 1. The van der Waals surface area contributed by atoms with E-state index in [0.717, 1.165) is 19.4 Å². The van der Waals surface area contributed by atoms with Crippen molar-refractivity contribution in [2.75, 3.05) is 0 Å². The van der Waals surface area contributed by atoms with E-state index in [9.17, 15) is 4.79 Å². The van der Waals surface area contributed by atoms with Crippen molar-refractivity contribution >= 4 is 5.78 Å². The molecule has 2 atom stereocenters. The van der Waals surface area contributed by atoms with Crippen LogP contribution >= 0.6 is 0 Å². The molecule has 1 aromatic heterocycles. The molecule has 4 heteroatoms. The first kappa shape index (κ1) is 15.5. The molecule has 4 nitrogen and oxygen atoms in total. The summed E-state index contributed by atoms with van der Waals surface area (Å²) < 4.78 is 0. The van der Waals surface area contributed by atoms with E-state index < -0.39 is 0 Å². The Hall–Kier alpha value is -2.07. The number of Topliss-reactive ketones (excluding diaryl/α,β-unsaturated/α-hetero) is 1. The molecule has 2 unspecified atom stereocenters. The summed E-state index contributed by atoms with van der Waals surface area (Å²) in [6, 6.07) is 11.7. The minimum atomic E-state index is 0.101. The van der Waals surface area contributed by atoms with Crippen LogP contribution in [0.5, 0.6) is 0 Å². The van der Waals surface area contributed by atoms with Crippen LogP contribution < -0.4 is 0 Å². The van der Waals surface area contributed by atoms with Gasteiger partial charge in [0, 0.05) is 36.9 Å². The normalized spacial score (nSPS) is 26.9. The smallest absolute Gasteiger partial charge is 0.185 e. The summed E-state index contributed by atoms with van der Waals surface area (Å²) in [6.45, 7) is 1.00. The van der Waals surface area contributed by atoms with Gasteiger partial charge in [-0.1, -0.05) is 36.8 Å². The molecule has 0 spiro atoms. The van der Waals surface area contributed by atoms with Gasteiger partial charge in [-0.25, -0.2) is 4.98 Å². The maximum atomic E-state index is 12.8. The second kappa shape index (κ2) is 6.81. The minimum absolute atomic E-state index is 0.101. The molecule has 2 bridgehead atoms. The van der Waals surface area contributed by atoms with Crippen LogP contribution in [-0.2, 0) is 6.54 Å². The number of carbonyl (C=O) groups excluding carboxylic acids is 1. The Morgan fingerprint density at radius 1 is 1.08 bits per heavy atom. The van der Waals surface area contributed by atoms with Gasteiger partial charge < -0.3 is 0 Å². The molecule has 0 radical (unpaired) electrons. The standard InChI is InChI=1S/C20H23N3O/c24-20(19-13-21-9-10-22-19)16-11-17-7-4-8-18(12-16)23(17)14-15-5-2-1-3-6-15/h1-3,5-6,9-10,13,16-18H,4,7-8,11-12,14H2. The van der Waals surface area contributed by atoms with Crippen LogP contribution in [0.3, 0.4) is 0 Å². The molecule has 1 aromatic carbocycles. The SMILES string of the molecule is O=C(c1cnccn1)C1CC2CCCC(C1)N2Cc1ccccc1. The lowest BCUT2D eigenvalue weighted by Crippen LogP contribution is -2.52. The van der Waals surface area contributed by atoms with Gasteiger partial charge in [-0.3, -0.25) is 14.7 Å². The maximum Gasteiger partial charge on any atom is 0.185 e. The highest BCUT2D eigenvalue weighted by molar-refractivity contribution is 5.95. The third-order valence-corrected chi connectivity index (χ3v) is 5.52. The van der Waals surface area contributed by atoms with E-state index in [1.54, 1.807) is 18.6 Å². The topological polar surface area (TPSA) is 46.1 Å². The average Bonchev–Trinajstić information content (AvgIpc) is 2.62. The van der Waals surface area contributed by atoms with E-state index in [-0.39, 0.29) is 11.7 Å². The number of hydrogen-bond acceptors (Lipinski definition) is 4. The Balaban J connectivity index is 1.49. The quantitative estimate of drug-likeness (QED) is 0.809.